The van der Waals surface area contributed by atoms with Crippen LogP contribution in [0.5, 0.6) is 0 Å². The number of hydrogen-bond donors (Lipinski definition) is 0. The van der Waals surface area contributed by atoms with Crippen molar-refractivity contribution in [3.63, 3.8) is 0 Å². The van der Waals surface area contributed by atoms with Gasteiger partial charge in [-0.25, -0.2) is 9.67 Å². The van der Waals surface area contributed by atoms with Crippen LogP contribution in [0.15, 0.2) is 39.6 Å². The maximum atomic E-state index is 8.65. The minimum atomic E-state index is 0.108. The fourth-order valence-electron chi connectivity index (χ4n) is 1.62. The van der Waals surface area contributed by atoms with Crippen molar-refractivity contribution in [2.75, 3.05) is 0 Å². The van der Waals surface area contributed by atoms with Crippen LogP contribution in [0.2, 0.25) is 0 Å². The molecule has 0 saturated heterocycles. The lowest BCUT2D eigenvalue weighted by molar-refractivity contribution is 0.366. The van der Waals surface area contributed by atoms with E-state index in [1.54, 1.807) is 0 Å². The Morgan fingerprint density at radius 1 is 1.40 bits per heavy atom. The first-order valence-corrected chi connectivity index (χ1v) is 6.42. The third-order valence-corrected chi connectivity index (χ3v) is 2.98. The zero-order chi connectivity index (χ0) is 13.9. The van der Waals surface area contributed by atoms with Gasteiger partial charge in [0.1, 0.15) is 18.9 Å². The molecule has 3 rings (SSSR count). The van der Waals surface area contributed by atoms with Crippen LogP contribution in [0.3, 0.4) is 0 Å². The average Bonchev–Trinajstić information content (AvgIpc) is 3.08. The molecule has 7 nitrogen and oxygen atoms in total. The summed E-state index contributed by atoms with van der Waals surface area (Å²) < 4.78 is 7.57. The number of nitriles is 1. The molecule has 0 bridgehead atoms. The minimum Gasteiger partial charge on any atom is -0.337 e. The first-order valence-electron chi connectivity index (χ1n) is 5.62. The second-order valence-electron chi connectivity index (χ2n) is 3.90. The number of aromatic nitrogens is 5. The summed E-state index contributed by atoms with van der Waals surface area (Å²) in [5.74, 6) is 1.01. The summed E-state index contributed by atoms with van der Waals surface area (Å²) in [5, 5.41) is 16.5. The normalized spacial score (nSPS) is 10.4. The van der Waals surface area contributed by atoms with E-state index in [2.05, 4.69) is 36.2 Å². The molecule has 0 saturated carbocycles. The molecule has 20 heavy (non-hydrogen) atoms. The largest absolute Gasteiger partial charge is 0.337 e. The predicted molar refractivity (Wildman–Crippen MR) is 71.3 cm³/mol. The molecular formula is C12H7BrN6O. The lowest BCUT2D eigenvalue weighted by Crippen LogP contribution is -2.00. The van der Waals surface area contributed by atoms with Gasteiger partial charge in [0.15, 0.2) is 0 Å². The maximum Gasteiger partial charge on any atom is 0.252 e. The molecule has 1 aromatic carbocycles. The molecule has 3 aromatic rings. The van der Waals surface area contributed by atoms with E-state index < -0.39 is 0 Å². The van der Waals surface area contributed by atoms with Crippen LogP contribution in [0.4, 0.5) is 0 Å². The summed E-state index contributed by atoms with van der Waals surface area (Å²) in [6.07, 6.45) is 1.45. The standard InChI is InChI=1S/C12H7BrN6O/c13-9-3-1-2-8(4-9)12-16-11(20-18-12)6-19-7-15-10(5-14)17-19/h1-4,7H,6H2. The highest BCUT2D eigenvalue weighted by Gasteiger charge is 2.10. The van der Waals surface area contributed by atoms with E-state index in [9.17, 15) is 0 Å². The Bertz CT molecular complexity index is 787. The molecule has 0 unspecified atom stereocenters. The SMILES string of the molecule is N#Cc1ncn(Cc2nc(-c3cccc(Br)c3)no2)n1. The molecule has 2 heterocycles. The molecule has 8 heteroatoms. The number of hydrogen-bond acceptors (Lipinski definition) is 6. The first-order chi connectivity index (χ1) is 9.74. The van der Waals surface area contributed by atoms with Crippen LogP contribution in [0.25, 0.3) is 11.4 Å². The van der Waals surface area contributed by atoms with Crippen molar-refractivity contribution in [2.45, 2.75) is 6.54 Å². The van der Waals surface area contributed by atoms with E-state index in [4.69, 9.17) is 9.78 Å². The second-order valence-corrected chi connectivity index (χ2v) is 4.82. The Kier molecular flexibility index (Phi) is 3.26. The van der Waals surface area contributed by atoms with Gasteiger partial charge in [0.05, 0.1) is 0 Å². The summed E-state index contributed by atoms with van der Waals surface area (Å²) in [6, 6.07) is 9.46. The molecule has 0 N–H and O–H groups in total. The zero-order valence-electron chi connectivity index (χ0n) is 10.1. The number of nitrogens with zero attached hydrogens (tertiary/aromatic N) is 6. The monoisotopic (exact) mass is 330 g/mol. The quantitative estimate of drug-likeness (QED) is 0.729. The van der Waals surface area contributed by atoms with Crippen molar-refractivity contribution >= 4 is 15.9 Å². The van der Waals surface area contributed by atoms with Crippen LogP contribution in [-0.2, 0) is 6.54 Å². The summed E-state index contributed by atoms with van der Waals surface area (Å²) in [6.45, 7) is 0.273. The van der Waals surface area contributed by atoms with E-state index >= 15 is 0 Å². The van der Waals surface area contributed by atoms with Gasteiger partial charge in [-0.05, 0) is 12.1 Å². The molecule has 0 aliphatic rings. The van der Waals surface area contributed by atoms with Gasteiger partial charge in [-0.3, -0.25) is 0 Å². The van der Waals surface area contributed by atoms with Gasteiger partial charge in [0.25, 0.3) is 5.82 Å². The molecule has 98 valence electrons. The van der Waals surface area contributed by atoms with Gasteiger partial charge in [-0.2, -0.15) is 10.2 Å². The van der Waals surface area contributed by atoms with Crippen molar-refractivity contribution in [3.8, 4) is 17.5 Å². The van der Waals surface area contributed by atoms with E-state index in [0.717, 1.165) is 10.0 Å². The number of halogens is 1. The molecular weight excluding hydrogens is 324 g/mol. The second kappa shape index (κ2) is 5.22. The van der Waals surface area contributed by atoms with Crippen molar-refractivity contribution in [3.05, 3.63) is 46.8 Å². The van der Waals surface area contributed by atoms with E-state index in [0.29, 0.717) is 11.7 Å². The van der Waals surface area contributed by atoms with E-state index in [-0.39, 0.29) is 12.4 Å². The average molecular weight is 331 g/mol. The van der Waals surface area contributed by atoms with Crippen LogP contribution >= 0.6 is 15.9 Å². The van der Waals surface area contributed by atoms with Crippen LogP contribution < -0.4 is 0 Å². The highest BCUT2D eigenvalue weighted by atomic mass is 79.9. The summed E-state index contributed by atoms with van der Waals surface area (Å²) in [4.78, 5) is 8.08. The fourth-order valence-corrected chi connectivity index (χ4v) is 2.02. The topological polar surface area (TPSA) is 93.4 Å². The lowest BCUT2D eigenvalue weighted by Gasteiger charge is -1.94. The van der Waals surface area contributed by atoms with E-state index in [1.807, 2.05) is 30.3 Å². The number of benzene rings is 1. The highest BCUT2D eigenvalue weighted by molar-refractivity contribution is 9.10. The van der Waals surface area contributed by atoms with Gasteiger partial charge in [-0.1, -0.05) is 33.2 Å². The van der Waals surface area contributed by atoms with Gasteiger partial charge < -0.3 is 4.52 Å². The van der Waals surface area contributed by atoms with Gasteiger partial charge >= 0.3 is 0 Å². The zero-order valence-corrected chi connectivity index (χ0v) is 11.6. The van der Waals surface area contributed by atoms with Crippen molar-refractivity contribution in [1.82, 2.24) is 24.9 Å². The molecule has 0 aliphatic heterocycles. The molecule has 0 fully saturated rings. The van der Waals surface area contributed by atoms with Crippen LogP contribution in [0, 0.1) is 11.3 Å². The van der Waals surface area contributed by atoms with Gasteiger partial charge in [0, 0.05) is 10.0 Å². The molecule has 2 aromatic heterocycles. The molecule has 0 spiro atoms. The van der Waals surface area contributed by atoms with Gasteiger partial charge in [-0.15, -0.1) is 5.10 Å². The Morgan fingerprint density at radius 2 is 2.30 bits per heavy atom. The Labute approximate surface area is 122 Å². The first kappa shape index (κ1) is 12.5. The molecule has 0 atom stereocenters. The van der Waals surface area contributed by atoms with Crippen molar-refractivity contribution < 1.29 is 4.52 Å². The third-order valence-electron chi connectivity index (χ3n) is 2.48. The molecule has 0 aliphatic carbocycles. The molecule has 0 radical (unpaired) electrons. The summed E-state index contributed by atoms with van der Waals surface area (Å²) in [7, 11) is 0. The minimum absolute atomic E-state index is 0.108. The summed E-state index contributed by atoms with van der Waals surface area (Å²) >= 11 is 3.39. The number of rotatable bonds is 3. The molecule has 0 amide bonds. The Morgan fingerprint density at radius 3 is 3.05 bits per heavy atom. The van der Waals surface area contributed by atoms with Gasteiger partial charge in [0.2, 0.25) is 11.7 Å². The van der Waals surface area contributed by atoms with Crippen molar-refractivity contribution in [1.29, 1.82) is 5.26 Å². The predicted octanol–water partition coefficient (Wildman–Crippen LogP) is 2.01. The maximum absolute atomic E-state index is 8.65. The van der Waals surface area contributed by atoms with Crippen LogP contribution in [0.1, 0.15) is 11.7 Å². The van der Waals surface area contributed by atoms with E-state index in [1.165, 1.54) is 11.0 Å². The summed E-state index contributed by atoms with van der Waals surface area (Å²) in [5.41, 5.74) is 0.852. The third kappa shape index (κ3) is 2.57. The fraction of sp³-hybridized carbons (Fsp3) is 0.0833. The Balaban J connectivity index is 1.82. The lowest BCUT2D eigenvalue weighted by atomic mass is 10.2. The smallest absolute Gasteiger partial charge is 0.252 e. The van der Waals surface area contributed by atoms with Crippen molar-refractivity contribution in [2.24, 2.45) is 0 Å². The highest BCUT2D eigenvalue weighted by Crippen LogP contribution is 2.20. The Hall–Kier alpha value is -2.53. The van der Waals surface area contributed by atoms with Crippen LogP contribution in [-0.4, -0.2) is 24.9 Å².